The first-order chi connectivity index (χ1) is 9.54. The molecule has 0 atom stereocenters. The van der Waals surface area contributed by atoms with Gasteiger partial charge in [0.15, 0.2) is 0 Å². The monoisotopic (exact) mass is 294 g/mol. The molecule has 1 aliphatic heterocycles. The van der Waals surface area contributed by atoms with Crippen LogP contribution in [-0.2, 0) is 16.0 Å². The van der Waals surface area contributed by atoms with Gasteiger partial charge in [0.2, 0.25) is 11.8 Å². The lowest BCUT2D eigenvalue weighted by molar-refractivity contribution is -0.131. The summed E-state index contributed by atoms with van der Waals surface area (Å²) >= 11 is 5.92. The highest BCUT2D eigenvalue weighted by atomic mass is 35.5. The molecule has 1 aromatic rings. The van der Waals surface area contributed by atoms with Crippen LogP contribution in [-0.4, -0.2) is 35.8 Å². The molecule has 1 saturated heterocycles. The van der Waals surface area contributed by atoms with E-state index in [1.807, 2.05) is 23.1 Å². The molecule has 0 saturated carbocycles. The minimum atomic E-state index is -0.00583. The van der Waals surface area contributed by atoms with E-state index < -0.39 is 0 Å². The van der Waals surface area contributed by atoms with E-state index in [1.54, 1.807) is 6.07 Å². The van der Waals surface area contributed by atoms with Gasteiger partial charge in [-0.2, -0.15) is 0 Å². The van der Waals surface area contributed by atoms with Crippen molar-refractivity contribution in [1.82, 2.24) is 10.2 Å². The van der Waals surface area contributed by atoms with Crippen molar-refractivity contribution in [2.24, 2.45) is 0 Å². The van der Waals surface area contributed by atoms with Crippen LogP contribution in [0.3, 0.4) is 0 Å². The van der Waals surface area contributed by atoms with Crippen LogP contribution >= 0.6 is 11.6 Å². The molecule has 5 heteroatoms. The lowest BCUT2D eigenvalue weighted by Gasteiger charge is -2.32. The molecule has 1 N–H and O–H groups in total. The molecule has 0 spiro atoms. The molecular formula is C15H19ClN2O2. The summed E-state index contributed by atoms with van der Waals surface area (Å²) in [5, 5.41) is 3.56. The van der Waals surface area contributed by atoms with Gasteiger partial charge >= 0.3 is 0 Å². The van der Waals surface area contributed by atoms with E-state index in [-0.39, 0.29) is 17.9 Å². The zero-order chi connectivity index (χ0) is 14.5. The number of amides is 2. The molecule has 1 aliphatic rings. The first kappa shape index (κ1) is 14.9. The largest absolute Gasteiger partial charge is 0.353 e. The zero-order valence-electron chi connectivity index (χ0n) is 11.6. The molecule has 1 heterocycles. The van der Waals surface area contributed by atoms with Crippen molar-refractivity contribution in [3.8, 4) is 0 Å². The third-order valence-corrected chi connectivity index (χ3v) is 3.73. The van der Waals surface area contributed by atoms with E-state index in [2.05, 4.69) is 5.32 Å². The molecule has 4 nitrogen and oxygen atoms in total. The molecule has 0 bridgehead atoms. The predicted molar refractivity (Wildman–Crippen MR) is 78.6 cm³/mol. The van der Waals surface area contributed by atoms with Crippen LogP contribution in [0.4, 0.5) is 0 Å². The number of nitrogens with zero attached hydrogens (tertiary/aromatic N) is 1. The highest BCUT2D eigenvalue weighted by molar-refractivity contribution is 6.30. The van der Waals surface area contributed by atoms with Crippen LogP contribution in [0.25, 0.3) is 0 Å². The minimum absolute atomic E-state index is 0.00583. The lowest BCUT2D eigenvalue weighted by Crippen LogP contribution is -2.46. The van der Waals surface area contributed by atoms with Gasteiger partial charge in [-0.1, -0.05) is 23.7 Å². The van der Waals surface area contributed by atoms with Crippen LogP contribution < -0.4 is 5.32 Å². The molecular weight excluding hydrogens is 276 g/mol. The van der Waals surface area contributed by atoms with E-state index in [9.17, 15) is 9.59 Å². The van der Waals surface area contributed by atoms with Crippen molar-refractivity contribution in [2.45, 2.75) is 32.2 Å². The second kappa shape index (κ2) is 6.75. The van der Waals surface area contributed by atoms with Gasteiger partial charge in [-0.15, -0.1) is 0 Å². The summed E-state index contributed by atoms with van der Waals surface area (Å²) < 4.78 is 0. The van der Waals surface area contributed by atoms with Gasteiger partial charge < -0.3 is 10.2 Å². The Morgan fingerprint density at radius 3 is 2.65 bits per heavy atom. The van der Waals surface area contributed by atoms with Gasteiger partial charge in [-0.3, -0.25) is 9.59 Å². The molecule has 20 heavy (non-hydrogen) atoms. The fourth-order valence-electron chi connectivity index (χ4n) is 2.49. The first-order valence-corrected chi connectivity index (χ1v) is 7.21. The number of nitrogens with one attached hydrogen (secondary N) is 1. The topological polar surface area (TPSA) is 49.4 Å². The maximum atomic E-state index is 12.2. The van der Waals surface area contributed by atoms with Crippen LogP contribution in [0.5, 0.6) is 0 Å². The summed E-state index contributed by atoms with van der Waals surface area (Å²) in [5.74, 6) is 0.113. The predicted octanol–water partition coefficient (Wildman–Crippen LogP) is 2.01. The maximum Gasteiger partial charge on any atom is 0.226 e. The molecule has 1 fully saturated rings. The summed E-state index contributed by atoms with van der Waals surface area (Å²) in [7, 11) is 0. The number of benzene rings is 1. The van der Waals surface area contributed by atoms with Crippen LogP contribution in [0, 0.1) is 0 Å². The number of likely N-dealkylation sites (tertiary alicyclic amines) is 1. The third kappa shape index (κ3) is 4.23. The number of carbonyl (C=O) groups is 2. The fourth-order valence-corrected chi connectivity index (χ4v) is 2.71. The van der Waals surface area contributed by atoms with Crippen LogP contribution in [0.15, 0.2) is 24.3 Å². The number of hydrogen-bond donors (Lipinski definition) is 1. The summed E-state index contributed by atoms with van der Waals surface area (Å²) in [6.45, 7) is 2.92. The number of piperidine rings is 1. The van der Waals surface area contributed by atoms with Crippen molar-refractivity contribution in [1.29, 1.82) is 0 Å². The molecule has 0 aromatic heterocycles. The van der Waals surface area contributed by atoms with E-state index in [1.165, 1.54) is 6.92 Å². The molecule has 2 amide bonds. The number of rotatable bonds is 3. The zero-order valence-corrected chi connectivity index (χ0v) is 12.3. The van der Waals surface area contributed by atoms with Gasteiger partial charge in [0.05, 0.1) is 6.42 Å². The van der Waals surface area contributed by atoms with Crippen molar-refractivity contribution in [2.75, 3.05) is 13.1 Å². The summed E-state index contributed by atoms with van der Waals surface area (Å²) in [6.07, 6.45) is 2.02. The van der Waals surface area contributed by atoms with Gasteiger partial charge in [-0.25, -0.2) is 0 Å². The van der Waals surface area contributed by atoms with Crippen molar-refractivity contribution in [3.05, 3.63) is 34.9 Å². The van der Waals surface area contributed by atoms with Crippen molar-refractivity contribution in [3.63, 3.8) is 0 Å². The quantitative estimate of drug-likeness (QED) is 0.927. The van der Waals surface area contributed by atoms with Crippen molar-refractivity contribution < 1.29 is 9.59 Å². The van der Waals surface area contributed by atoms with Crippen molar-refractivity contribution >= 4 is 23.4 Å². The summed E-state index contributed by atoms with van der Waals surface area (Å²) in [6, 6.07) is 7.59. The molecule has 0 aliphatic carbocycles. The van der Waals surface area contributed by atoms with Gasteiger partial charge in [0.1, 0.15) is 0 Å². The second-order valence-corrected chi connectivity index (χ2v) is 5.60. The molecule has 108 valence electrons. The lowest BCUT2D eigenvalue weighted by atomic mass is 10.0. The van der Waals surface area contributed by atoms with E-state index in [0.717, 1.165) is 18.4 Å². The van der Waals surface area contributed by atoms with E-state index in [0.29, 0.717) is 24.5 Å². The van der Waals surface area contributed by atoms with Crippen LogP contribution in [0.1, 0.15) is 25.3 Å². The number of halogens is 1. The SMILES string of the molecule is CC(=O)NC1CCN(C(=O)Cc2cccc(Cl)c2)CC1. The van der Waals surface area contributed by atoms with E-state index >= 15 is 0 Å². The normalized spacial score (nSPS) is 16.0. The molecule has 0 radical (unpaired) electrons. The van der Waals surface area contributed by atoms with E-state index in [4.69, 9.17) is 11.6 Å². The Hall–Kier alpha value is -1.55. The number of carbonyl (C=O) groups excluding carboxylic acids is 2. The Balaban J connectivity index is 1.84. The minimum Gasteiger partial charge on any atom is -0.353 e. The standard InChI is InChI=1S/C15H19ClN2O2/c1-11(19)17-14-5-7-18(8-6-14)15(20)10-12-3-2-4-13(16)9-12/h2-4,9,14H,5-8,10H2,1H3,(H,17,19). The van der Waals surface area contributed by atoms with Gasteiger partial charge in [-0.05, 0) is 30.5 Å². The van der Waals surface area contributed by atoms with Gasteiger partial charge in [0.25, 0.3) is 0 Å². The number of hydrogen-bond acceptors (Lipinski definition) is 2. The first-order valence-electron chi connectivity index (χ1n) is 6.84. The average molecular weight is 295 g/mol. The molecule has 1 aromatic carbocycles. The Morgan fingerprint density at radius 2 is 2.05 bits per heavy atom. The van der Waals surface area contributed by atoms with Gasteiger partial charge in [0, 0.05) is 31.1 Å². The fraction of sp³-hybridized carbons (Fsp3) is 0.467. The Kier molecular flexibility index (Phi) is 5.01. The van der Waals surface area contributed by atoms with Crippen LogP contribution in [0.2, 0.25) is 5.02 Å². The Morgan fingerprint density at radius 1 is 1.35 bits per heavy atom. The highest BCUT2D eigenvalue weighted by Gasteiger charge is 2.23. The summed E-state index contributed by atoms with van der Waals surface area (Å²) in [4.78, 5) is 25.1. The third-order valence-electron chi connectivity index (χ3n) is 3.50. The Bertz CT molecular complexity index is 496. The highest BCUT2D eigenvalue weighted by Crippen LogP contribution is 2.15. The second-order valence-electron chi connectivity index (χ2n) is 5.16. The smallest absolute Gasteiger partial charge is 0.226 e. The Labute approximate surface area is 124 Å². The maximum absolute atomic E-state index is 12.2. The molecule has 2 rings (SSSR count). The average Bonchev–Trinajstić information content (AvgIpc) is 2.38. The summed E-state index contributed by atoms with van der Waals surface area (Å²) in [5.41, 5.74) is 0.937. The molecule has 0 unspecified atom stereocenters.